The molecule has 0 aliphatic rings. The lowest BCUT2D eigenvalue weighted by atomic mass is 10.0. The van der Waals surface area contributed by atoms with E-state index in [1.165, 1.54) is 29.8 Å². The molecule has 1 nitrogen and oxygen atoms in total. The highest BCUT2D eigenvalue weighted by Crippen LogP contribution is 2.29. The fourth-order valence-electron chi connectivity index (χ4n) is 1.97. The van der Waals surface area contributed by atoms with Crippen LogP contribution >= 0.6 is 0 Å². The first-order valence-corrected chi connectivity index (χ1v) is 5.62. The molecule has 0 spiro atoms. The molecule has 0 bridgehead atoms. The number of hydrogen-bond acceptors (Lipinski definition) is 0. The molecule has 0 radical (unpaired) electrons. The maximum Gasteiger partial charge on any atom is 0.422 e. The van der Waals surface area contributed by atoms with Crippen molar-refractivity contribution in [2.24, 2.45) is 7.05 Å². The number of halogens is 4. The molecule has 100 valence electrons. The summed E-state index contributed by atoms with van der Waals surface area (Å²) >= 11 is 0. The summed E-state index contributed by atoms with van der Waals surface area (Å²) in [5.74, 6) is -0.365. The number of nitrogens with zero attached hydrogens (tertiary/aromatic N) is 1. The van der Waals surface area contributed by atoms with Crippen molar-refractivity contribution in [3.8, 4) is 11.3 Å². The molecule has 5 heteroatoms. The van der Waals surface area contributed by atoms with Crippen LogP contribution in [0.3, 0.4) is 0 Å². The zero-order valence-electron chi connectivity index (χ0n) is 10.4. The fourth-order valence-corrected chi connectivity index (χ4v) is 1.97. The Balaban J connectivity index is 2.52. The highest BCUT2D eigenvalue weighted by Gasteiger charge is 2.33. The first kappa shape index (κ1) is 13.5. The molecule has 0 atom stereocenters. The molecule has 1 heterocycles. The van der Waals surface area contributed by atoms with Crippen molar-refractivity contribution in [3.05, 3.63) is 53.5 Å². The van der Waals surface area contributed by atoms with Gasteiger partial charge in [0, 0.05) is 11.6 Å². The summed E-state index contributed by atoms with van der Waals surface area (Å²) < 4.78 is 52.1. The predicted molar refractivity (Wildman–Crippen MR) is 62.8 cm³/mol. The lowest BCUT2D eigenvalue weighted by Gasteiger charge is -2.08. The van der Waals surface area contributed by atoms with Gasteiger partial charge in [0.2, 0.25) is 5.69 Å². The normalized spacial score (nSPS) is 11.7. The van der Waals surface area contributed by atoms with Crippen LogP contribution in [0, 0.1) is 12.7 Å². The summed E-state index contributed by atoms with van der Waals surface area (Å²) in [6, 6.07) is 6.63. The third kappa shape index (κ3) is 2.75. The van der Waals surface area contributed by atoms with Gasteiger partial charge in [0.25, 0.3) is 0 Å². The van der Waals surface area contributed by atoms with Crippen molar-refractivity contribution < 1.29 is 22.1 Å². The molecule has 0 saturated carbocycles. The molecule has 0 saturated heterocycles. The third-order valence-corrected chi connectivity index (χ3v) is 2.93. The van der Waals surface area contributed by atoms with E-state index in [-0.39, 0.29) is 5.82 Å². The van der Waals surface area contributed by atoms with Crippen LogP contribution in [0.25, 0.3) is 11.3 Å². The van der Waals surface area contributed by atoms with Crippen LogP contribution in [0.4, 0.5) is 17.6 Å². The zero-order chi connectivity index (χ0) is 14.2. The number of alkyl halides is 3. The van der Waals surface area contributed by atoms with Crippen LogP contribution in [0.15, 0.2) is 36.5 Å². The van der Waals surface area contributed by atoms with E-state index in [0.717, 1.165) is 12.3 Å². The van der Waals surface area contributed by atoms with Gasteiger partial charge in [-0.25, -0.2) is 8.96 Å². The smallest absolute Gasteiger partial charge is 0.207 e. The van der Waals surface area contributed by atoms with E-state index in [0.29, 0.717) is 16.8 Å². The standard InChI is InChI=1S/C14H12F4N/c1-9-7-11(15)4-5-12(9)13-6-3-10(8-19(13)2)14(16,17)18/h3-8H,1-2H3/q+1. The topological polar surface area (TPSA) is 3.88 Å². The number of aromatic nitrogens is 1. The number of pyridine rings is 1. The minimum atomic E-state index is -4.37. The van der Waals surface area contributed by atoms with Crippen LogP contribution in [0.2, 0.25) is 0 Å². The van der Waals surface area contributed by atoms with Gasteiger partial charge in [-0.1, -0.05) is 0 Å². The Hall–Kier alpha value is -1.91. The molecule has 2 aromatic rings. The Morgan fingerprint density at radius 2 is 1.74 bits per heavy atom. The van der Waals surface area contributed by atoms with Gasteiger partial charge >= 0.3 is 6.18 Å². The lowest BCUT2D eigenvalue weighted by molar-refractivity contribution is -0.661. The van der Waals surface area contributed by atoms with Gasteiger partial charge < -0.3 is 0 Å². The van der Waals surface area contributed by atoms with E-state index >= 15 is 0 Å². The van der Waals surface area contributed by atoms with E-state index in [4.69, 9.17) is 0 Å². The monoisotopic (exact) mass is 270 g/mol. The summed E-state index contributed by atoms with van der Waals surface area (Å²) in [4.78, 5) is 0. The fraction of sp³-hybridized carbons (Fsp3) is 0.214. The van der Waals surface area contributed by atoms with Crippen molar-refractivity contribution in [1.29, 1.82) is 0 Å². The van der Waals surface area contributed by atoms with Crippen molar-refractivity contribution >= 4 is 0 Å². The van der Waals surface area contributed by atoms with Crippen molar-refractivity contribution in [2.75, 3.05) is 0 Å². The van der Waals surface area contributed by atoms with Crippen LogP contribution < -0.4 is 4.57 Å². The molecule has 0 fully saturated rings. The molecule has 0 aliphatic carbocycles. The van der Waals surface area contributed by atoms with Crippen molar-refractivity contribution in [1.82, 2.24) is 0 Å². The van der Waals surface area contributed by atoms with Crippen molar-refractivity contribution in [2.45, 2.75) is 13.1 Å². The van der Waals surface area contributed by atoms with E-state index in [1.54, 1.807) is 13.0 Å². The Morgan fingerprint density at radius 3 is 2.26 bits per heavy atom. The average molecular weight is 270 g/mol. The first-order chi connectivity index (χ1) is 8.79. The lowest BCUT2D eigenvalue weighted by Crippen LogP contribution is -2.32. The molecule has 0 unspecified atom stereocenters. The molecule has 2 rings (SSSR count). The minimum Gasteiger partial charge on any atom is -0.207 e. The Bertz CT molecular complexity index is 617. The quantitative estimate of drug-likeness (QED) is 0.550. The molecular weight excluding hydrogens is 258 g/mol. The molecule has 1 aromatic carbocycles. The molecule has 0 N–H and O–H groups in total. The third-order valence-electron chi connectivity index (χ3n) is 2.93. The molecule has 0 amide bonds. The zero-order valence-corrected chi connectivity index (χ0v) is 10.4. The van der Waals surface area contributed by atoms with Crippen molar-refractivity contribution in [3.63, 3.8) is 0 Å². The van der Waals surface area contributed by atoms with Gasteiger partial charge in [-0.3, -0.25) is 0 Å². The Kier molecular flexibility index (Phi) is 3.30. The summed E-state index contributed by atoms with van der Waals surface area (Å²) in [6.45, 7) is 1.72. The van der Waals surface area contributed by atoms with E-state index in [1.807, 2.05) is 0 Å². The van der Waals surface area contributed by atoms with Gasteiger partial charge in [-0.15, -0.1) is 0 Å². The summed E-state index contributed by atoms with van der Waals surface area (Å²) in [7, 11) is 1.54. The Morgan fingerprint density at radius 1 is 1.05 bits per heavy atom. The second-order valence-corrected chi connectivity index (χ2v) is 4.37. The molecule has 0 aliphatic heterocycles. The highest BCUT2D eigenvalue weighted by molar-refractivity contribution is 5.60. The largest absolute Gasteiger partial charge is 0.422 e. The number of aryl methyl sites for hydroxylation is 2. The summed E-state index contributed by atoms with van der Waals surface area (Å²) in [5.41, 5.74) is 1.27. The second kappa shape index (κ2) is 4.64. The van der Waals surface area contributed by atoms with Crippen LogP contribution in [-0.4, -0.2) is 0 Å². The molecule has 1 aromatic heterocycles. The Labute approximate surface area is 108 Å². The number of hydrogen-bond donors (Lipinski definition) is 0. The van der Waals surface area contributed by atoms with Crippen LogP contribution in [0.1, 0.15) is 11.1 Å². The number of rotatable bonds is 1. The van der Waals surface area contributed by atoms with Gasteiger partial charge in [-0.2, -0.15) is 13.2 Å². The van der Waals surface area contributed by atoms with E-state index in [2.05, 4.69) is 0 Å². The highest BCUT2D eigenvalue weighted by atomic mass is 19.4. The molecular formula is C14H12F4N+. The van der Waals surface area contributed by atoms with Gasteiger partial charge in [-0.05, 0) is 36.8 Å². The SMILES string of the molecule is Cc1cc(F)ccc1-c1ccc(C(F)(F)F)c[n+]1C. The minimum absolute atomic E-state index is 0.365. The van der Waals surface area contributed by atoms with Crippen LogP contribution in [0.5, 0.6) is 0 Å². The number of benzene rings is 1. The summed E-state index contributed by atoms with van der Waals surface area (Å²) in [6.07, 6.45) is -3.34. The second-order valence-electron chi connectivity index (χ2n) is 4.37. The predicted octanol–water partition coefficient (Wildman–Crippen LogP) is 3.64. The van der Waals surface area contributed by atoms with Gasteiger partial charge in [0.15, 0.2) is 6.20 Å². The van der Waals surface area contributed by atoms with E-state index < -0.39 is 11.7 Å². The van der Waals surface area contributed by atoms with Crippen LogP contribution in [-0.2, 0) is 13.2 Å². The van der Waals surface area contributed by atoms with Gasteiger partial charge in [0.05, 0.1) is 0 Å². The summed E-state index contributed by atoms with van der Waals surface area (Å²) in [5, 5.41) is 0. The van der Waals surface area contributed by atoms with Gasteiger partial charge in [0.1, 0.15) is 18.4 Å². The first-order valence-electron chi connectivity index (χ1n) is 5.62. The maximum atomic E-state index is 13.0. The van der Waals surface area contributed by atoms with E-state index in [9.17, 15) is 17.6 Å². The molecule has 19 heavy (non-hydrogen) atoms. The average Bonchev–Trinajstić information content (AvgIpc) is 2.28. The maximum absolute atomic E-state index is 13.0.